The summed E-state index contributed by atoms with van der Waals surface area (Å²) in [7, 11) is 1.81. The van der Waals surface area contributed by atoms with Gasteiger partial charge in [0, 0.05) is 11.3 Å². The third-order valence-corrected chi connectivity index (χ3v) is 3.99. The largest absolute Gasteiger partial charge is 0.352 e. The van der Waals surface area contributed by atoms with Gasteiger partial charge in [-0.2, -0.15) is 11.8 Å². The van der Waals surface area contributed by atoms with Crippen molar-refractivity contribution in [2.75, 3.05) is 13.3 Å². The van der Waals surface area contributed by atoms with E-state index in [1.54, 1.807) is 0 Å². The highest BCUT2D eigenvalue weighted by atomic mass is 32.2. The molecule has 0 spiro atoms. The summed E-state index contributed by atoms with van der Waals surface area (Å²) in [4.78, 5) is 11.5. The van der Waals surface area contributed by atoms with Gasteiger partial charge in [-0.1, -0.05) is 0 Å². The molecule has 1 aliphatic carbocycles. The van der Waals surface area contributed by atoms with Gasteiger partial charge < -0.3 is 10.6 Å². The Bertz CT molecular complexity index is 199. The smallest absolute Gasteiger partial charge is 0.237 e. The molecule has 1 rings (SSSR count). The summed E-state index contributed by atoms with van der Waals surface area (Å²) in [6.07, 6.45) is 5.64. The van der Waals surface area contributed by atoms with Crippen LogP contribution in [0.5, 0.6) is 0 Å². The molecular weight excluding hydrogens is 196 g/mol. The molecule has 1 amide bonds. The minimum absolute atomic E-state index is 0.0803. The Hall–Kier alpha value is -0.220. The van der Waals surface area contributed by atoms with E-state index in [1.165, 1.54) is 6.42 Å². The van der Waals surface area contributed by atoms with Crippen LogP contribution < -0.4 is 10.6 Å². The summed E-state index contributed by atoms with van der Waals surface area (Å²) in [6, 6.07) is 0.319. The number of carbonyl (C=O) groups is 1. The number of likely N-dealkylation sites (N-methyl/N-ethyl adjacent to an activating group) is 1. The molecule has 0 aromatic heterocycles. The number of amides is 1. The standard InChI is InChI=1S/C10H20N2OS/c1-7(11-2)10(13)12-8-4-5-9(6-8)14-3/h7-9,11H,4-6H2,1-3H3,(H,12,13). The van der Waals surface area contributed by atoms with Gasteiger partial charge in [0.2, 0.25) is 5.91 Å². The lowest BCUT2D eigenvalue weighted by molar-refractivity contribution is -0.123. The lowest BCUT2D eigenvalue weighted by atomic mass is 10.2. The van der Waals surface area contributed by atoms with Crippen molar-refractivity contribution in [3.63, 3.8) is 0 Å². The van der Waals surface area contributed by atoms with Crippen LogP contribution in [-0.4, -0.2) is 36.5 Å². The fraction of sp³-hybridized carbons (Fsp3) is 0.900. The minimum Gasteiger partial charge on any atom is -0.352 e. The Labute approximate surface area is 90.4 Å². The third-order valence-electron chi connectivity index (χ3n) is 2.89. The van der Waals surface area contributed by atoms with E-state index in [9.17, 15) is 4.79 Å². The predicted molar refractivity (Wildman–Crippen MR) is 61.6 cm³/mol. The summed E-state index contributed by atoms with van der Waals surface area (Å²) in [6.45, 7) is 1.89. The minimum atomic E-state index is -0.0803. The van der Waals surface area contributed by atoms with Crippen molar-refractivity contribution in [1.29, 1.82) is 0 Å². The average molecular weight is 216 g/mol. The zero-order valence-electron chi connectivity index (χ0n) is 9.17. The molecule has 0 radical (unpaired) electrons. The van der Waals surface area contributed by atoms with Gasteiger partial charge in [0.25, 0.3) is 0 Å². The summed E-state index contributed by atoms with van der Waals surface area (Å²) in [5.74, 6) is 0.124. The molecule has 3 unspecified atom stereocenters. The first-order chi connectivity index (χ1) is 6.67. The van der Waals surface area contributed by atoms with Gasteiger partial charge >= 0.3 is 0 Å². The maximum Gasteiger partial charge on any atom is 0.237 e. The zero-order chi connectivity index (χ0) is 10.6. The van der Waals surface area contributed by atoms with E-state index in [-0.39, 0.29) is 11.9 Å². The van der Waals surface area contributed by atoms with Crippen LogP contribution in [0.15, 0.2) is 0 Å². The predicted octanol–water partition coefficient (Wildman–Crippen LogP) is 0.995. The van der Waals surface area contributed by atoms with Crippen LogP contribution in [0.25, 0.3) is 0 Å². The van der Waals surface area contributed by atoms with Crippen LogP contribution in [-0.2, 0) is 4.79 Å². The van der Waals surface area contributed by atoms with Gasteiger partial charge in [0.1, 0.15) is 0 Å². The quantitative estimate of drug-likeness (QED) is 0.736. The summed E-state index contributed by atoms with van der Waals surface area (Å²) < 4.78 is 0. The Morgan fingerprint density at radius 2 is 2.21 bits per heavy atom. The molecule has 1 fully saturated rings. The highest BCUT2D eigenvalue weighted by molar-refractivity contribution is 7.99. The van der Waals surface area contributed by atoms with Crippen molar-refractivity contribution >= 4 is 17.7 Å². The van der Waals surface area contributed by atoms with Gasteiger partial charge in [0.05, 0.1) is 6.04 Å². The van der Waals surface area contributed by atoms with Crippen molar-refractivity contribution in [2.45, 2.75) is 43.5 Å². The molecule has 1 saturated carbocycles. The number of nitrogens with one attached hydrogen (secondary N) is 2. The summed E-state index contributed by atoms with van der Waals surface area (Å²) in [5, 5.41) is 6.77. The second-order valence-corrected chi connectivity index (χ2v) is 5.02. The number of thioether (sulfide) groups is 1. The Morgan fingerprint density at radius 1 is 1.50 bits per heavy atom. The zero-order valence-corrected chi connectivity index (χ0v) is 9.99. The Morgan fingerprint density at radius 3 is 2.71 bits per heavy atom. The second-order valence-electron chi connectivity index (χ2n) is 3.89. The van der Waals surface area contributed by atoms with Crippen molar-refractivity contribution in [3.05, 3.63) is 0 Å². The molecule has 82 valence electrons. The number of carbonyl (C=O) groups excluding carboxylic acids is 1. The maximum atomic E-state index is 11.5. The van der Waals surface area contributed by atoms with Gasteiger partial charge in [0.15, 0.2) is 0 Å². The van der Waals surface area contributed by atoms with Crippen molar-refractivity contribution in [3.8, 4) is 0 Å². The number of hydrogen-bond donors (Lipinski definition) is 2. The Kier molecular flexibility index (Phi) is 4.75. The van der Waals surface area contributed by atoms with E-state index in [2.05, 4.69) is 16.9 Å². The average Bonchev–Trinajstić information content (AvgIpc) is 2.64. The fourth-order valence-electron chi connectivity index (χ4n) is 1.74. The third kappa shape index (κ3) is 3.17. The van der Waals surface area contributed by atoms with E-state index in [0.717, 1.165) is 18.1 Å². The van der Waals surface area contributed by atoms with Gasteiger partial charge in [-0.25, -0.2) is 0 Å². The van der Waals surface area contributed by atoms with E-state index in [4.69, 9.17) is 0 Å². The highest BCUT2D eigenvalue weighted by Gasteiger charge is 2.25. The molecule has 0 saturated heterocycles. The first kappa shape index (κ1) is 11.9. The topological polar surface area (TPSA) is 41.1 Å². The van der Waals surface area contributed by atoms with Crippen LogP contribution in [0, 0.1) is 0 Å². The molecule has 0 aromatic rings. The first-order valence-corrected chi connectivity index (χ1v) is 6.46. The fourth-order valence-corrected chi connectivity index (χ4v) is 2.54. The normalized spacial score (nSPS) is 28.8. The van der Waals surface area contributed by atoms with Gasteiger partial charge in [-0.05, 0) is 39.5 Å². The lowest BCUT2D eigenvalue weighted by Gasteiger charge is -2.16. The first-order valence-electron chi connectivity index (χ1n) is 5.17. The monoisotopic (exact) mass is 216 g/mol. The molecule has 3 atom stereocenters. The molecule has 3 nitrogen and oxygen atoms in total. The molecule has 14 heavy (non-hydrogen) atoms. The number of hydrogen-bond acceptors (Lipinski definition) is 3. The van der Waals surface area contributed by atoms with E-state index in [0.29, 0.717) is 6.04 Å². The van der Waals surface area contributed by atoms with E-state index < -0.39 is 0 Å². The van der Waals surface area contributed by atoms with Gasteiger partial charge in [-0.3, -0.25) is 4.79 Å². The van der Waals surface area contributed by atoms with Crippen molar-refractivity contribution in [1.82, 2.24) is 10.6 Å². The molecule has 4 heteroatoms. The van der Waals surface area contributed by atoms with Crippen LogP contribution in [0.3, 0.4) is 0 Å². The highest BCUT2D eigenvalue weighted by Crippen LogP contribution is 2.28. The second kappa shape index (κ2) is 5.61. The maximum absolute atomic E-state index is 11.5. The van der Waals surface area contributed by atoms with E-state index in [1.807, 2.05) is 25.7 Å². The molecule has 0 bridgehead atoms. The Balaban J connectivity index is 2.28. The summed E-state index contributed by atoms with van der Waals surface area (Å²) in [5.41, 5.74) is 0. The molecule has 0 aliphatic heterocycles. The lowest BCUT2D eigenvalue weighted by Crippen LogP contribution is -2.44. The molecule has 0 aromatic carbocycles. The van der Waals surface area contributed by atoms with Crippen LogP contribution in [0.1, 0.15) is 26.2 Å². The number of rotatable bonds is 4. The van der Waals surface area contributed by atoms with Crippen LogP contribution in [0.4, 0.5) is 0 Å². The SMILES string of the molecule is CNC(C)C(=O)NC1CCC(SC)C1. The summed E-state index contributed by atoms with van der Waals surface area (Å²) >= 11 is 1.91. The molecule has 0 heterocycles. The van der Waals surface area contributed by atoms with Gasteiger partial charge in [-0.15, -0.1) is 0 Å². The molecule has 1 aliphatic rings. The van der Waals surface area contributed by atoms with Crippen LogP contribution >= 0.6 is 11.8 Å². The molecular formula is C10H20N2OS. The van der Waals surface area contributed by atoms with E-state index >= 15 is 0 Å². The van der Waals surface area contributed by atoms with Crippen LogP contribution in [0.2, 0.25) is 0 Å². The molecule has 2 N–H and O–H groups in total. The van der Waals surface area contributed by atoms with Crippen molar-refractivity contribution in [2.24, 2.45) is 0 Å². The van der Waals surface area contributed by atoms with Crippen molar-refractivity contribution < 1.29 is 4.79 Å².